The van der Waals surface area contributed by atoms with Gasteiger partial charge in [0.2, 0.25) is 0 Å². The predicted molar refractivity (Wildman–Crippen MR) is 72.7 cm³/mol. The highest BCUT2D eigenvalue weighted by atomic mass is 16.4. The van der Waals surface area contributed by atoms with Crippen LogP contribution in [0, 0.1) is 5.92 Å². The molecule has 0 amide bonds. The molecule has 4 heteroatoms. The largest absolute Gasteiger partial charge is 0.481 e. The van der Waals surface area contributed by atoms with Gasteiger partial charge in [0.25, 0.3) is 0 Å². The third-order valence-electron chi connectivity index (χ3n) is 3.79. The second-order valence-electron chi connectivity index (χ2n) is 5.26. The number of benzene rings is 1. The summed E-state index contributed by atoms with van der Waals surface area (Å²) in [4.78, 5) is 13.1. The quantitative estimate of drug-likeness (QED) is 0.868. The Hall–Kier alpha value is -1.39. The fourth-order valence-electron chi connectivity index (χ4n) is 2.67. The zero-order valence-corrected chi connectivity index (χ0v) is 11.0. The maximum Gasteiger partial charge on any atom is 0.303 e. The zero-order chi connectivity index (χ0) is 13.7. The van der Waals surface area contributed by atoms with E-state index in [0.29, 0.717) is 6.42 Å². The van der Waals surface area contributed by atoms with Crippen LogP contribution in [0.2, 0.25) is 0 Å². The third-order valence-corrected chi connectivity index (χ3v) is 3.79. The molecule has 1 fully saturated rings. The minimum Gasteiger partial charge on any atom is -0.481 e. The molecule has 0 saturated carbocycles. The van der Waals surface area contributed by atoms with E-state index in [9.17, 15) is 9.90 Å². The Kier molecular flexibility index (Phi) is 4.93. The van der Waals surface area contributed by atoms with E-state index in [1.807, 2.05) is 18.2 Å². The van der Waals surface area contributed by atoms with Crippen LogP contribution in [0.1, 0.15) is 24.8 Å². The van der Waals surface area contributed by atoms with Crippen molar-refractivity contribution in [3.8, 4) is 0 Å². The van der Waals surface area contributed by atoms with Crippen LogP contribution >= 0.6 is 0 Å². The molecular weight excluding hydrogens is 242 g/mol. The number of carboxylic acid groups (broad SMARTS) is 1. The Bertz CT molecular complexity index is 407. The van der Waals surface area contributed by atoms with Crippen LogP contribution in [-0.4, -0.2) is 40.3 Å². The van der Waals surface area contributed by atoms with Gasteiger partial charge in [-0.2, -0.15) is 0 Å². The lowest BCUT2D eigenvalue weighted by Crippen LogP contribution is -2.24. The molecule has 1 aliphatic heterocycles. The van der Waals surface area contributed by atoms with Crippen LogP contribution in [0.4, 0.5) is 0 Å². The molecule has 0 bridgehead atoms. The molecule has 2 N–H and O–H groups in total. The van der Waals surface area contributed by atoms with E-state index >= 15 is 0 Å². The molecule has 0 aromatic heterocycles. The molecule has 0 radical (unpaired) electrons. The van der Waals surface area contributed by atoms with Gasteiger partial charge in [0, 0.05) is 13.1 Å². The molecule has 0 spiro atoms. The minimum absolute atomic E-state index is 0.0698. The molecule has 1 aromatic carbocycles. The standard InChI is InChI=1S/C15H21NO3/c17-14-7-9-16(8-6-13(14)10-15(18)19)11-12-4-2-1-3-5-12/h1-5,13-14,17H,6-11H2,(H,18,19). The van der Waals surface area contributed by atoms with Crippen molar-refractivity contribution in [2.24, 2.45) is 5.92 Å². The first-order valence-electron chi connectivity index (χ1n) is 6.81. The summed E-state index contributed by atoms with van der Waals surface area (Å²) in [7, 11) is 0. The van der Waals surface area contributed by atoms with E-state index in [1.165, 1.54) is 5.56 Å². The van der Waals surface area contributed by atoms with Crippen LogP contribution in [0.25, 0.3) is 0 Å². The zero-order valence-electron chi connectivity index (χ0n) is 11.0. The monoisotopic (exact) mass is 263 g/mol. The topological polar surface area (TPSA) is 60.8 Å². The maximum absolute atomic E-state index is 10.8. The number of hydrogen-bond acceptors (Lipinski definition) is 3. The lowest BCUT2D eigenvalue weighted by atomic mass is 9.94. The van der Waals surface area contributed by atoms with Crippen LogP contribution in [-0.2, 0) is 11.3 Å². The molecule has 2 atom stereocenters. The van der Waals surface area contributed by atoms with Gasteiger partial charge in [0.1, 0.15) is 0 Å². The number of aliphatic hydroxyl groups is 1. The van der Waals surface area contributed by atoms with Gasteiger partial charge in [-0.25, -0.2) is 0 Å². The van der Waals surface area contributed by atoms with Crippen molar-refractivity contribution in [3.05, 3.63) is 35.9 Å². The molecule has 1 aromatic rings. The molecule has 4 nitrogen and oxygen atoms in total. The fraction of sp³-hybridized carbons (Fsp3) is 0.533. The lowest BCUT2D eigenvalue weighted by Gasteiger charge is -2.19. The molecule has 1 heterocycles. The van der Waals surface area contributed by atoms with E-state index in [2.05, 4.69) is 17.0 Å². The van der Waals surface area contributed by atoms with Gasteiger partial charge in [0.15, 0.2) is 0 Å². The van der Waals surface area contributed by atoms with E-state index in [4.69, 9.17) is 5.11 Å². The molecule has 19 heavy (non-hydrogen) atoms. The van der Waals surface area contributed by atoms with Crippen molar-refractivity contribution in [1.29, 1.82) is 0 Å². The average molecular weight is 263 g/mol. The van der Waals surface area contributed by atoms with Crippen LogP contribution in [0.15, 0.2) is 30.3 Å². The van der Waals surface area contributed by atoms with Gasteiger partial charge in [-0.15, -0.1) is 0 Å². The van der Waals surface area contributed by atoms with Gasteiger partial charge in [-0.3, -0.25) is 9.69 Å². The number of aliphatic hydroxyl groups excluding tert-OH is 1. The number of nitrogens with zero attached hydrogens (tertiary/aromatic N) is 1. The summed E-state index contributed by atoms with van der Waals surface area (Å²) in [6, 6.07) is 10.2. The fourth-order valence-corrected chi connectivity index (χ4v) is 2.67. The number of likely N-dealkylation sites (tertiary alicyclic amines) is 1. The molecule has 2 unspecified atom stereocenters. The van der Waals surface area contributed by atoms with Crippen molar-refractivity contribution in [2.75, 3.05) is 13.1 Å². The van der Waals surface area contributed by atoms with Crippen molar-refractivity contribution >= 4 is 5.97 Å². The second kappa shape index (κ2) is 6.68. The molecule has 1 saturated heterocycles. The van der Waals surface area contributed by atoms with Gasteiger partial charge in [-0.05, 0) is 30.9 Å². The molecule has 1 aliphatic rings. The summed E-state index contributed by atoms with van der Waals surface area (Å²) in [5, 5.41) is 18.8. The van der Waals surface area contributed by atoms with Crippen molar-refractivity contribution in [2.45, 2.75) is 31.9 Å². The summed E-state index contributed by atoms with van der Waals surface area (Å²) in [6.07, 6.45) is 0.989. The smallest absolute Gasteiger partial charge is 0.303 e. The average Bonchev–Trinajstić information content (AvgIpc) is 2.55. The van der Waals surface area contributed by atoms with Gasteiger partial charge >= 0.3 is 5.97 Å². The number of hydrogen-bond donors (Lipinski definition) is 2. The maximum atomic E-state index is 10.8. The Morgan fingerprint density at radius 3 is 2.58 bits per heavy atom. The summed E-state index contributed by atoms with van der Waals surface area (Å²) >= 11 is 0. The van der Waals surface area contributed by atoms with E-state index in [1.54, 1.807) is 0 Å². The van der Waals surface area contributed by atoms with Crippen LogP contribution in [0.5, 0.6) is 0 Å². The molecular formula is C15H21NO3. The summed E-state index contributed by atoms with van der Waals surface area (Å²) in [6.45, 7) is 2.55. The first-order valence-corrected chi connectivity index (χ1v) is 6.81. The Morgan fingerprint density at radius 1 is 1.21 bits per heavy atom. The van der Waals surface area contributed by atoms with Gasteiger partial charge in [-0.1, -0.05) is 30.3 Å². The Morgan fingerprint density at radius 2 is 1.89 bits per heavy atom. The van der Waals surface area contributed by atoms with Crippen LogP contribution < -0.4 is 0 Å². The second-order valence-corrected chi connectivity index (χ2v) is 5.26. The summed E-state index contributed by atoms with van der Waals surface area (Å²) in [5.74, 6) is -0.932. The van der Waals surface area contributed by atoms with E-state index in [0.717, 1.165) is 26.1 Å². The highest BCUT2D eigenvalue weighted by molar-refractivity contribution is 5.67. The lowest BCUT2D eigenvalue weighted by molar-refractivity contribution is -0.139. The van der Waals surface area contributed by atoms with Crippen molar-refractivity contribution in [3.63, 3.8) is 0 Å². The van der Waals surface area contributed by atoms with E-state index in [-0.39, 0.29) is 12.3 Å². The normalized spacial score (nSPS) is 24.9. The summed E-state index contributed by atoms with van der Waals surface area (Å²) in [5.41, 5.74) is 1.26. The highest BCUT2D eigenvalue weighted by Crippen LogP contribution is 2.22. The van der Waals surface area contributed by atoms with E-state index < -0.39 is 12.1 Å². The Labute approximate surface area is 113 Å². The SMILES string of the molecule is O=C(O)CC1CCN(Cc2ccccc2)CCC1O. The minimum atomic E-state index is -0.819. The molecule has 2 rings (SSSR count). The summed E-state index contributed by atoms with van der Waals surface area (Å²) < 4.78 is 0. The number of rotatable bonds is 4. The third kappa shape index (κ3) is 4.33. The van der Waals surface area contributed by atoms with Crippen molar-refractivity contribution in [1.82, 2.24) is 4.90 Å². The number of aliphatic carboxylic acids is 1. The number of carboxylic acids is 1. The van der Waals surface area contributed by atoms with Crippen molar-refractivity contribution < 1.29 is 15.0 Å². The Balaban J connectivity index is 1.90. The predicted octanol–water partition coefficient (Wildman–Crippen LogP) is 1.73. The first kappa shape index (κ1) is 14.0. The number of carbonyl (C=O) groups is 1. The van der Waals surface area contributed by atoms with Gasteiger partial charge < -0.3 is 10.2 Å². The molecule has 104 valence electrons. The van der Waals surface area contributed by atoms with Gasteiger partial charge in [0.05, 0.1) is 12.5 Å². The molecule has 0 aliphatic carbocycles. The first-order chi connectivity index (χ1) is 9.15. The van der Waals surface area contributed by atoms with Crippen LogP contribution in [0.3, 0.4) is 0 Å². The highest BCUT2D eigenvalue weighted by Gasteiger charge is 2.26.